The minimum atomic E-state index is -4.46. The first-order chi connectivity index (χ1) is 15.7. The summed E-state index contributed by atoms with van der Waals surface area (Å²) in [7, 11) is 0. The number of carbonyl (C=O) groups is 1. The zero-order valence-electron chi connectivity index (χ0n) is 17.4. The average Bonchev–Trinajstić information content (AvgIpc) is 3.26. The van der Waals surface area contributed by atoms with Crippen molar-refractivity contribution in [2.75, 3.05) is 0 Å². The van der Waals surface area contributed by atoms with Crippen molar-refractivity contribution in [3.05, 3.63) is 77.9 Å². The van der Waals surface area contributed by atoms with Gasteiger partial charge in [0, 0.05) is 29.4 Å². The fourth-order valence-electron chi connectivity index (χ4n) is 3.62. The number of pyridine rings is 1. The van der Waals surface area contributed by atoms with Gasteiger partial charge in [-0.05, 0) is 48.6 Å². The van der Waals surface area contributed by atoms with Crippen LogP contribution in [0.3, 0.4) is 0 Å². The smallest absolute Gasteiger partial charge is 0.416 e. The molecule has 0 aliphatic rings. The standard InChI is InChI=1S/C23H19F3N4O3/c1-13(28-22(31)32)10-19(14-4-6-18(7-5-14)23(24,25)26)21-29-20(30-33-21)16-2-3-17-12-27-9-8-15(17)11-16/h2-9,11-13,19,28H,10H2,1H3,(H,31,32)/t13?,19-/m1/s1. The highest BCUT2D eigenvalue weighted by Gasteiger charge is 2.31. The van der Waals surface area contributed by atoms with Crippen LogP contribution in [0.2, 0.25) is 0 Å². The number of aromatic nitrogens is 3. The Morgan fingerprint density at radius 3 is 2.58 bits per heavy atom. The molecule has 0 radical (unpaired) electrons. The van der Waals surface area contributed by atoms with Crippen LogP contribution in [0.5, 0.6) is 0 Å². The number of hydrogen-bond donors (Lipinski definition) is 2. The van der Waals surface area contributed by atoms with E-state index in [9.17, 15) is 18.0 Å². The highest BCUT2D eigenvalue weighted by molar-refractivity contribution is 5.85. The van der Waals surface area contributed by atoms with Crippen LogP contribution in [-0.4, -0.2) is 32.4 Å². The number of hydrogen-bond acceptors (Lipinski definition) is 5. The summed E-state index contributed by atoms with van der Waals surface area (Å²) in [4.78, 5) is 19.6. The Balaban J connectivity index is 1.68. The van der Waals surface area contributed by atoms with Crippen molar-refractivity contribution in [1.82, 2.24) is 20.4 Å². The van der Waals surface area contributed by atoms with Crippen LogP contribution in [-0.2, 0) is 6.18 Å². The maximum Gasteiger partial charge on any atom is 0.416 e. The molecule has 0 aliphatic carbocycles. The van der Waals surface area contributed by atoms with Crippen LogP contribution in [0.4, 0.5) is 18.0 Å². The largest absolute Gasteiger partial charge is 0.465 e. The summed E-state index contributed by atoms with van der Waals surface area (Å²) >= 11 is 0. The normalized spacial score (nSPS) is 13.6. The van der Waals surface area contributed by atoms with E-state index < -0.39 is 29.8 Å². The molecule has 10 heteroatoms. The lowest BCUT2D eigenvalue weighted by molar-refractivity contribution is -0.137. The lowest BCUT2D eigenvalue weighted by Gasteiger charge is -2.19. The lowest BCUT2D eigenvalue weighted by Crippen LogP contribution is -2.32. The molecule has 33 heavy (non-hydrogen) atoms. The fraction of sp³-hybridized carbons (Fsp3) is 0.217. The molecule has 4 aromatic rings. The molecule has 0 fully saturated rings. The van der Waals surface area contributed by atoms with E-state index in [0.29, 0.717) is 17.0 Å². The second-order valence-electron chi connectivity index (χ2n) is 7.65. The van der Waals surface area contributed by atoms with Crippen molar-refractivity contribution in [1.29, 1.82) is 0 Å². The summed E-state index contributed by atoms with van der Waals surface area (Å²) in [5.41, 5.74) is 0.423. The summed E-state index contributed by atoms with van der Waals surface area (Å²) in [6.45, 7) is 1.65. The van der Waals surface area contributed by atoms with Gasteiger partial charge in [0.25, 0.3) is 0 Å². The maximum atomic E-state index is 13.0. The number of halogens is 3. The summed E-state index contributed by atoms with van der Waals surface area (Å²) in [6, 6.07) is 11.6. The summed E-state index contributed by atoms with van der Waals surface area (Å²) < 4.78 is 44.4. The molecular weight excluding hydrogens is 437 g/mol. The number of nitrogens with zero attached hydrogens (tertiary/aromatic N) is 3. The van der Waals surface area contributed by atoms with Crippen molar-refractivity contribution in [3.63, 3.8) is 0 Å². The molecule has 2 aromatic carbocycles. The fourth-order valence-corrected chi connectivity index (χ4v) is 3.62. The molecule has 1 amide bonds. The molecule has 7 nitrogen and oxygen atoms in total. The van der Waals surface area contributed by atoms with Gasteiger partial charge in [0.2, 0.25) is 11.7 Å². The third-order valence-electron chi connectivity index (χ3n) is 5.24. The molecule has 0 spiro atoms. The van der Waals surface area contributed by atoms with Gasteiger partial charge in [-0.15, -0.1) is 0 Å². The number of fused-ring (bicyclic) bond motifs is 1. The number of benzene rings is 2. The van der Waals surface area contributed by atoms with E-state index in [0.717, 1.165) is 22.9 Å². The van der Waals surface area contributed by atoms with Gasteiger partial charge in [-0.3, -0.25) is 4.98 Å². The van der Waals surface area contributed by atoms with Gasteiger partial charge in [0.15, 0.2) is 0 Å². The molecule has 4 rings (SSSR count). The predicted octanol–water partition coefficient (Wildman–Crippen LogP) is 5.48. The SMILES string of the molecule is CC(C[C@H](c1ccc(C(F)(F)F)cc1)c1nc(-c2ccc3cnccc3c2)no1)NC(=O)O. The Kier molecular flexibility index (Phi) is 5.99. The zero-order valence-corrected chi connectivity index (χ0v) is 17.4. The molecule has 0 aliphatic heterocycles. The quantitative estimate of drug-likeness (QED) is 0.398. The predicted molar refractivity (Wildman–Crippen MR) is 114 cm³/mol. The minimum absolute atomic E-state index is 0.179. The van der Waals surface area contributed by atoms with Gasteiger partial charge in [-0.25, -0.2) is 4.79 Å². The summed E-state index contributed by atoms with van der Waals surface area (Å²) in [5, 5.41) is 17.3. The van der Waals surface area contributed by atoms with Crippen molar-refractivity contribution >= 4 is 16.9 Å². The second-order valence-corrected chi connectivity index (χ2v) is 7.65. The van der Waals surface area contributed by atoms with E-state index in [1.807, 2.05) is 24.3 Å². The van der Waals surface area contributed by atoms with E-state index in [4.69, 9.17) is 9.63 Å². The van der Waals surface area contributed by atoms with Crippen LogP contribution >= 0.6 is 0 Å². The first-order valence-electron chi connectivity index (χ1n) is 10.0. The molecule has 2 heterocycles. The highest BCUT2D eigenvalue weighted by Crippen LogP contribution is 2.34. The van der Waals surface area contributed by atoms with E-state index in [2.05, 4.69) is 20.4 Å². The van der Waals surface area contributed by atoms with Crippen LogP contribution in [0.25, 0.3) is 22.2 Å². The van der Waals surface area contributed by atoms with Gasteiger partial charge in [0.05, 0.1) is 11.5 Å². The number of rotatable bonds is 6. The van der Waals surface area contributed by atoms with Crippen molar-refractivity contribution in [2.45, 2.75) is 31.5 Å². The summed E-state index contributed by atoms with van der Waals surface area (Å²) in [6.07, 6.45) is -2.05. The summed E-state index contributed by atoms with van der Waals surface area (Å²) in [5.74, 6) is -0.113. The average molecular weight is 456 g/mol. The Bertz CT molecular complexity index is 1270. The topological polar surface area (TPSA) is 101 Å². The highest BCUT2D eigenvalue weighted by atomic mass is 19.4. The van der Waals surface area contributed by atoms with Gasteiger partial charge in [-0.2, -0.15) is 18.2 Å². The van der Waals surface area contributed by atoms with Gasteiger partial charge >= 0.3 is 12.3 Å². The van der Waals surface area contributed by atoms with Crippen LogP contribution < -0.4 is 5.32 Å². The molecule has 2 N–H and O–H groups in total. The molecule has 1 unspecified atom stereocenters. The van der Waals surface area contributed by atoms with E-state index in [1.54, 1.807) is 19.3 Å². The third kappa shape index (κ3) is 5.11. The van der Waals surface area contributed by atoms with Crippen molar-refractivity contribution in [3.8, 4) is 11.4 Å². The molecule has 2 aromatic heterocycles. The first kappa shape index (κ1) is 22.3. The third-order valence-corrected chi connectivity index (χ3v) is 5.24. The lowest BCUT2D eigenvalue weighted by atomic mass is 9.91. The van der Waals surface area contributed by atoms with Gasteiger partial charge in [0.1, 0.15) is 0 Å². The number of nitrogens with one attached hydrogen (secondary N) is 1. The molecule has 0 saturated heterocycles. The van der Waals surface area contributed by atoms with Crippen LogP contribution in [0, 0.1) is 0 Å². The Hall–Kier alpha value is -3.95. The first-order valence-corrected chi connectivity index (χ1v) is 10.0. The molecule has 170 valence electrons. The van der Waals surface area contributed by atoms with Crippen LogP contribution in [0.15, 0.2) is 65.4 Å². The number of alkyl halides is 3. The zero-order chi connectivity index (χ0) is 23.6. The molecule has 2 atom stereocenters. The Labute approximate surface area is 186 Å². The maximum absolute atomic E-state index is 13.0. The molecule has 0 bridgehead atoms. The minimum Gasteiger partial charge on any atom is -0.465 e. The second kappa shape index (κ2) is 8.89. The van der Waals surface area contributed by atoms with Crippen molar-refractivity contribution < 1.29 is 27.6 Å². The van der Waals surface area contributed by atoms with Gasteiger partial charge < -0.3 is 14.9 Å². The van der Waals surface area contributed by atoms with Crippen LogP contribution in [0.1, 0.15) is 36.3 Å². The Morgan fingerprint density at radius 2 is 1.88 bits per heavy atom. The van der Waals surface area contributed by atoms with Crippen molar-refractivity contribution in [2.24, 2.45) is 0 Å². The number of carboxylic acid groups (broad SMARTS) is 1. The van der Waals surface area contributed by atoms with E-state index in [1.165, 1.54) is 12.1 Å². The van der Waals surface area contributed by atoms with E-state index >= 15 is 0 Å². The monoisotopic (exact) mass is 456 g/mol. The van der Waals surface area contributed by atoms with Gasteiger partial charge in [-0.1, -0.05) is 29.4 Å². The molecule has 0 saturated carbocycles. The molecular formula is C23H19F3N4O3. The Morgan fingerprint density at radius 1 is 1.12 bits per heavy atom. The number of amides is 1. The van der Waals surface area contributed by atoms with E-state index in [-0.39, 0.29) is 12.3 Å².